The van der Waals surface area contributed by atoms with Gasteiger partial charge < -0.3 is 21.0 Å². The molecule has 1 aromatic carbocycles. The van der Waals surface area contributed by atoms with E-state index in [0.29, 0.717) is 17.4 Å². The highest BCUT2D eigenvalue weighted by Gasteiger charge is 2.15. The van der Waals surface area contributed by atoms with Crippen molar-refractivity contribution in [2.24, 2.45) is 10.9 Å². The van der Waals surface area contributed by atoms with Gasteiger partial charge in [-0.15, -0.1) is 0 Å². The van der Waals surface area contributed by atoms with E-state index in [1.807, 2.05) is 30.0 Å². The third-order valence-corrected chi connectivity index (χ3v) is 4.34. The third kappa shape index (κ3) is 3.54. The van der Waals surface area contributed by atoms with Crippen LogP contribution in [0.1, 0.15) is 17.5 Å². The predicted molar refractivity (Wildman–Crippen MR) is 78.1 cm³/mol. The first kappa shape index (κ1) is 14.0. The molecular weight excluding hydrogens is 262 g/mol. The Balaban J connectivity index is 2.05. The summed E-state index contributed by atoms with van der Waals surface area (Å²) in [7, 11) is 1.58. The molecule has 1 aromatic rings. The van der Waals surface area contributed by atoms with Crippen molar-refractivity contribution in [3.63, 3.8) is 0 Å². The van der Waals surface area contributed by atoms with Gasteiger partial charge in [0.1, 0.15) is 5.75 Å². The van der Waals surface area contributed by atoms with Crippen LogP contribution in [-0.2, 0) is 6.54 Å². The summed E-state index contributed by atoms with van der Waals surface area (Å²) in [6, 6.07) is 6.29. The standard InChI is InChI=1S/C13H19N3O2S/c1-18-12-6-9(2-3-11(12)13(14)16-17)7-15-10-4-5-19-8-10/h2-3,6,10,15,17H,4-5,7-8H2,1H3,(H2,14,16). The van der Waals surface area contributed by atoms with Gasteiger partial charge in [-0.05, 0) is 29.9 Å². The monoisotopic (exact) mass is 281 g/mol. The van der Waals surface area contributed by atoms with E-state index in [4.69, 9.17) is 15.7 Å². The van der Waals surface area contributed by atoms with Crippen LogP contribution in [0, 0.1) is 0 Å². The summed E-state index contributed by atoms with van der Waals surface area (Å²) >= 11 is 1.99. The van der Waals surface area contributed by atoms with Gasteiger partial charge in [0.05, 0.1) is 12.7 Å². The maximum absolute atomic E-state index is 8.72. The minimum atomic E-state index is 0.0588. The largest absolute Gasteiger partial charge is 0.496 e. The topological polar surface area (TPSA) is 79.9 Å². The first-order valence-corrected chi connectivity index (χ1v) is 7.36. The first-order chi connectivity index (χ1) is 9.24. The number of rotatable bonds is 5. The Labute approximate surface area is 117 Å². The molecule has 5 nitrogen and oxygen atoms in total. The molecule has 0 aliphatic carbocycles. The van der Waals surface area contributed by atoms with Crippen molar-refractivity contribution in [1.29, 1.82) is 0 Å². The molecule has 0 aromatic heterocycles. The molecule has 1 saturated heterocycles. The number of benzene rings is 1. The van der Waals surface area contributed by atoms with Gasteiger partial charge in [0.15, 0.2) is 5.84 Å². The van der Waals surface area contributed by atoms with E-state index in [1.165, 1.54) is 17.9 Å². The van der Waals surface area contributed by atoms with Crippen molar-refractivity contribution in [3.05, 3.63) is 29.3 Å². The van der Waals surface area contributed by atoms with E-state index in [2.05, 4.69) is 10.5 Å². The zero-order chi connectivity index (χ0) is 13.7. The molecule has 1 aliphatic rings. The molecule has 0 spiro atoms. The molecule has 1 unspecified atom stereocenters. The maximum Gasteiger partial charge on any atom is 0.173 e. The van der Waals surface area contributed by atoms with Crippen molar-refractivity contribution in [1.82, 2.24) is 5.32 Å². The fourth-order valence-electron chi connectivity index (χ4n) is 2.07. The molecule has 1 fully saturated rings. The van der Waals surface area contributed by atoms with E-state index in [-0.39, 0.29) is 5.84 Å². The quantitative estimate of drug-likeness (QED) is 0.329. The first-order valence-electron chi connectivity index (χ1n) is 6.20. The van der Waals surface area contributed by atoms with Crippen LogP contribution in [0.5, 0.6) is 5.75 Å². The Hall–Kier alpha value is -1.40. The van der Waals surface area contributed by atoms with Gasteiger partial charge in [-0.1, -0.05) is 11.2 Å². The minimum Gasteiger partial charge on any atom is -0.496 e. The van der Waals surface area contributed by atoms with Crippen LogP contribution in [0.4, 0.5) is 0 Å². The Morgan fingerprint density at radius 1 is 1.63 bits per heavy atom. The zero-order valence-electron chi connectivity index (χ0n) is 10.9. The van der Waals surface area contributed by atoms with Crippen LogP contribution < -0.4 is 15.8 Å². The molecule has 4 N–H and O–H groups in total. The predicted octanol–water partition coefficient (Wildman–Crippen LogP) is 1.38. The van der Waals surface area contributed by atoms with Gasteiger partial charge in [0.2, 0.25) is 0 Å². The lowest BCUT2D eigenvalue weighted by atomic mass is 10.1. The van der Waals surface area contributed by atoms with Crippen LogP contribution in [0.15, 0.2) is 23.4 Å². The molecule has 0 saturated carbocycles. The second kappa shape index (κ2) is 6.68. The van der Waals surface area contributed by atoms with Crippen molar-refractivity contribution in [2.75, 3.05) is 18.6 Å². The van der Waals surface area contributed by atoms with E-state index in [0.717, 1.165) is 12.1 Å². The fourth-order valence-corrected chi connectivity index (χ4v) is 3.26. The van der Waals surface area contributed by atoms with E-state index in [9.17, 15) is 0 Å². The van der Waals surface area contributed by atoms with Crippen molar-refractivity contribution < 1.29 is 9.94 Å². The van der Waals surface area contributed by atoms with E-state index in [1.54, 1.807) is 7.11 Å². The number of ether oxygens (including phenoxy) is 1. The van der Waals surface area contributed by atoms with Gasteiger partial charge in [0.25, 0.3) is 0 Å². The molecule has 104 valence electrons. The van der Waals surface area contributed by atoms with Crippen molar-refractivity contribution in [3.8, 4) is 5.75 Å². The maximum atomic E-state index is 8.72. The number of nitrogens with two attached hydrogens (primary N) is 1. The SMILES string of the molecule is COc1cc(CNC2CCSC2)ccc1/C(N)=N/O. The van der Waals surface area contributed by atoms with Gasteiger partial charge in [0, 0.05) is 18.3 Å². The van der Waals surface area contributed by atoms with Crippen LogP contribution in [0.2, 0.25) is 0 Å². The summed E-state index contributed by atoms with van der Waals surface area (Å²) < 4.78 is 5.28. The average Bonchev–Trinajstić information content (AvgIpc) is 2.97. The summed E-state index contributed by atoms with van der Waals surface area (Å²) in [5.74, 6) is 3.10. The Morgan fingerprint density at radius 3 is 3.11 bits per heavy atom. The van der Waals surface area contributed by atoms with Crippen LogP contribution in [0.3, 0.4) is 0 Å². The number of nitrogens with zero attached hydrogens (tertiary/aromatic N) is 1. The number of hydrogen-bond acceptors (Lipinski definition) is 5. The van der Waals surface area contributed by atoms with E-state index >= 15 is 0 Å². The van der Waals surface area contributed by atoms with Crippen molar-refractivity contribution in [2.45, 2.75) is 19.0 Å². The molecule has 0 bridgehead atoms. The lowest BCUT2D eigenvalue weighted by Crippen LogP contribution is -2.28. The summed E-state index contributed by atoms with van der Waals surface area (Å²) in [4.78, 5) is 0. The number of methoxy groups -OCH3 is 1. The highest BCUT2D eigenvalue weighted by molar-refractivity contribution is 7.99. The minimum absolute atomic E-state index is 0.0588. The second-order valence-corrected chi connectivity index (χ2v) is 5.61. The summed E-state index contributed by atoms with van der Waals surface area (Å²) in [5, 5.41) is 15.2. The zero-order valence-corrected chi connectivity index (χ0v) is 11.7. The molecule has 1 heterocycles. The summed E-state index contributed by atoms with van der Waals surface area (Å²) in [6.07, 6.45) is 1.23. The molecule has 1 aliphatic heterocycles. The highest BCUT2D eigenvalue weighted by Crippen LogP contribution is 2.21. The van der Waals surface area contributed by atoms with Crippen LogP contribution in [-0.4, -0.2) is 35.7 Å². The third-order valence-electron chi connectivity index (χ3n) is 3.17. The molecule has 6 heteroatoms. The molecule has 2 rings (SSSR count). The lowest BCUT2D eigenvalue weighted by molar-refractivity contribution is 0.318. The summed E-state index contributed by atoms with van der Waals surface area (Å²) in [6.45, 7) is 0.804. The van der Waals surface area contributed by atoms with Crippen LogP contribution >= 0.6 is 11.8 Å². The number of thioether (sulfide) groups is 1. The highest BCUT2D eigenvalue weighted by atomic mass is 32.2. The Morgan fingerprint density at radius 2 is 2.47 bits per heavy atom. The molecule has 0 amide bonds. The average molecular weight is 281 g/mol. The second-order valence-electron chi connectivity index (χ2n) is 4.46. The lowest BCUT2D eigenvalue weighted by Gasteiger charge is -2.13. The smallest absolute Gasteiger partial charge is 0.173 e. The molecular formula is C13H19N3O2S. The molecule has 0 radical (unpaired) electrons. The Kier molecular flexibility index (Phi) is 4.93. The Bertz CT molecular complexity index is 459. The summed E-state index contributed by atoms with van der Waals surface area (Å²) in [5.41, 5.74) is 7.33. The number of nitrogens with one attached hydrogen (secondary N) is 1. The van der Waals surface area contributed by atoms with Gasteiger partial charge in [-0.2, -0.15) is 11.8 Å². The molecule has 1 atom stereocenters. The van der Waals surface area contributed by atoms with Crippen LogP contribution in [0.25, 0.3) is 0 Å². The molecule has 19 heavy (non-hydrogen) atoms. The van der Waals surface area contributed by atoms with Gasteiger partial charge in [-0.3, -0.25) is 0 Å². The normalized spacial score (nSPS) is 19.6. The van der Waals surface area contributed by atoms with E-state index < -0.39 is 0 Å². The number of hydrogen-bond donors (Lipinski definition) is 3. The van der Waals surface area contributed by atoms with Gasteiger partial charge >= 0.3 is 0 Å². The number of oxime groups is 1. The number of amidine groups is 1. The van der Waals surface area contributed by atoms with Gasteiger partial charge in [-0.25, -0.2) is 0 Å². The van der Waals surface area contributed by atoms with Crippen molar-refractivity contribution >= 4 is 17.6 Å². The fraction of sp³-hybridized carbons (Fsp3) is 0.462.